The molecule has 7 nitrogen and oxygen atoms in total. The molecule has 0 radical (unpaired) electrons. The van der Waals surface area contributed by atoms with Crippen LogP contribution in [0.5, 0.6) is 0 Å². The van der Waals surface area contributed by atoms with Crippen molar-refractivity contribution in [2.45, 2.75) is 48.8 Å². The van der Waals surface area contributed by atoms with Crippen molar-refractivity contribution in [1.29, 1.82) is 0 Å². The Morgan fingerprint density at radius 3 is 2.52 bits per heavy atom. The summed E-state index contributed by atoms with van der Waals surface area (Å²) in [5.41, 5.74) is -1.17. The molecule has 1 atom stereocenters. The third kappa shape index (κ3) is 3.32. The van der Waals surface area contributed by atoms with Crippen molar-refractivity contribution >= 4 is 33.2 Å². The smallest absolute Gasteiger partial charge is 0.329 e. The summed E-state index contributed by atoms with van der Waals surface area (Å²) in [6.07, 6.45) is 2.88. The molecule has 0 aliphatic carbocycles. The number of thiophene rings is 1. The topological polar surface area (TPSA) is 95.0 Å². The number of rotatable bonds is 5. The molecule has 2 aliphatic heterocycles. The van der Waals surface area contributed by atoms with Crippen LogP contribution in [0.3, 0.4) is 0 Å². The number of likely N-dealkylation sites (tertiary alicyclic amines) is 1. The van der Waals surface area contributed by atoms with Gasteiger partial charge in [0.25, 0.3) is 10.0 Å². The highest BCUT2D eigenvalue weighted by Crippen LogP contribution is 2.32. The van der Waals surface area contributed by atoms with Crippen LogP contribution in [0, 0.1) is 0 Å². The van der Waals surface area contributed by atoms with E-state index in [2.05, 4.69) is 0 Å². The average Bonchev–Trinajstić information content (AvgIpc) is 3.27. The number of carbonyl (C=O) groups is 2. The maximum atomic E-state index is 12.6. The minimum Gasteiger partial charge on any atom is -0.480 e. The standard InChI is InChI=1S/C16H22N2O5S2/c1-16(15(20)21)7-4-10-18(16)13(19)11-12-5-6-14(24-12)25(22,23)17-8-2-3-9-17/h5-6H,2-4,7-11H2,1H3,(H,20,21). The maximum Gasteiger partial charge on any atom is 0.329 e. The molecule has 9 heteroatoms. The molecule has 3 heterocycles. The minimum atomic E-state index is -3.48. The van der Waals surface area contributed by atoms with E-state index in [1.807, 2.05) is 0 Å². The molecule has 25 heavy (non-hydrogen) atoms. The van der Waals surface area contributed by atoms with E-state index in [0.717, 1.165) is 24.2 Å². The van der Waals surface area contributed by atoms with E-state index in [0.29, 0.717) is 37.4 Å². The summed E-state index contributed by atoms with van der Waals surface area (Å²) >= 11 is 1.10. The lowest BCUT2D eigenvalue weighted by Gasteiger charge is -2.31. The molecule has 0 bridgehead atoms. The Labute approximate surface area is 151 Å². The van der Waals surface area contributed by atoms with Crippen LogP contribution in [0.2, 0.25) is 0 Å². The van der Waals surface area contributed by atoms with E-state index in [4.69, 9.17) is 0 Å². The van der Waals surface area contributed by atoms with Gasteiger partial charge in [-0.05, 0) is 44.7 Å². The van der Waals surface area contributed by atoms with E-state index in [9.17, 15) is 23.1 Å². The van der Waals surface area contributed by atoms with Crippen LogP contribution in [-0.4, -0.2) is 59.8 Å². The summed E-state index contributed by atoms with van der Waals surface area (Å²) in [6.45, 7) is 3.07. The molecule has 1 amide bonds. The lowest BCUT2D eigenvalue weighted by molar-refractivity contribution is -0.155. The van der Waals surface area contributed by atoms with Gasteiger partial charge in [-0.15, -0.1) is 11.3 Å². The Morgan fingerprint density at radius 2 is 1.88 bits per heavy atom. The largest absolute Gasteiger partial charge is 0.480 e. The van der Waals surface area contributed by atoms with E-state index in [1.165, 1.54) is 9.21 Å². The maximum absolute atomic E-state index is 12.6. The first-order chi connectivity index (χ1) is 11.7. The molecular formula is C16H22N2O5S2. The zero-order valence-electron chi connectivity index (χ0n) is 14.1. The van der Waals surface area contributed by atoms with E-state index in [1.54, 1.807) is 19.1 Å². The van der Waals surface area contributed by atoms with Crippen LogP contribution in [-0.2, 0) is 26.0 Å². The summed E-state index contributed by atoms with van der Waals surface area (Å²) < 4.78 is 26.8. The number of hydrogen-bond acceptors (Lipinski definition) is 5. The van der Waals surface area contributed by atoms with Gasteiger partial charge in [0.2, 0.25) is 5.91 Å². The third-order valence-corrected chi connectivity index (χ3v) is 8.48. The second-order valence-corrected chi connectivity index (χ2v) is 10.1. The normalized spacial score (nSPS) is 24.8. The predicted molar refractivity (Wildman–Crippen MR) is 93.0 cm³/mol. The van der Waals surface area contributed by atoms with Crippen molar-refractivity contribution in [1.82, 2.24) is 9.21 Å². The fourth-order valence-electron chi connectivity index (χ4n) is 3.48. The number of sulfonamides is 1. The number of carboxylic acid groups (broad SMARTS) is 1. The summed E-state index contributed by atoms with van der Waals surface area (Å²) in [4.78, 5) is 26.1. The summed E-state index contributed by atoms with van der Waals surface area (Å²) in [6, 6.07) is 3.20. The molecule has 138 valence electrons. The minimum absolute atomic E-state index is 0.0308. The quantitative estimate of drug-likeness (QED) is 0.828. The van der Waals surface area contributed by atoms with Crippen molar-refractivity contribution < 1.29 is 23.1 Å². The van der Waals surface area contributed by atoms with Crippen molar-refractivity contribution in [2.24, 2.45) is 0 Å². The lowest BCUT2D eigenvalue weighted by atomic mass is 9.99. The second-order valence-electron chi connectivity index (χ2n) is 6.74. The number of nitrogens with zero attached hydrogens (tertiary/aromatic N) is 2. The van der Waals surface area contributed by atoms with E-state index in [-0.39, 0.29) is 16.5 Å². The molecule has 0 aromatic carbocycles. The molecule has 0 spiro atoms. The molecule has 2 aliphatic rings. The molecule has 2 fully saturated rings. The fraction of sp³-hybridized carbons (Fsp3) is 0.625. The van der Waals surface area contributed by atoms with Gasteiger partial charge in [0.05, 0.1) is 6.42 Å². The molecule has 1 unspecified atom stereocenters. The van der Waals surface area contributed by atoms with Gasteiger partial charge < -0.3 is 10.0 Å². The van der Waals surface area contributed by atoms with Gasteiger partial charge in [0.1, 0.15) is 9.75 Å². The molecule has 0 saturated carbocycles. The molecular weight excluding hydrogens is 364 g/mol. The SMILES string of the molecule is CC1(C(=O)O)CCCN1C(=O)Cc1ccc(S(=O)(=O)N2CCCC2)s1. The number of amides is 1. The average molecular weight is 386 g/mol. The van der Waals surface area contributed by atoms with Crippen molar-refractivity contribution in [2.75, 3.05) is 19.6 Å². The van der Waals surface area contributed by atoms with Crippen molar-refractivity contribution in [3.63, 3.8) is 0 Å². The predicted octanol–water partition coefficient (Wildman–Crippen LogP) is 1.54. The van der Waals surface area contributed by atoms with Crippen LogP contribution in [0.4, 0.5) is 0 Å². The molecule has 1 N–H and O–H groups in total. The van der Waals surface area contributed by atoms with E-state index >= 15 is 0 Å². The zero-order chi connectivity index (χ0) is 18.2. The molecule has 1 aromatic rings. The van der Waals surface area contributed by atoms with Crippen LogP contribution in [0.15, 0.2) is 16.3 Å². The van der Waals surface area contributed by atoms with Gasteiger partial charge in [-0.3, -0.25) is 4.79 Å². The highest BCUT2D eigenvalue weighted by molar-refractivity contribution is 7.91. The van der Waals surface area contributed by atoms with Crippen molar-refractivity contribution in [3.8, 4) is 0 Å². The van der Waals surface area contributed by atoms with Gasteiger partial charge in [0, 0.05) is 24.5 Å². The molecule has 1 aromatic heterocycles. The Balaban J connectivity index is 1.73. The Kier molecular flexibility index (Phi) is 4.91. The van der Waals surface area contributed by atoms with E-state index < -0.39 is 21.5 Å². The molecule has 2 saturated heterocycles. The first-order valence-corrected chi connectivity index (χ1v) is 10.6. The summed E-state index contributed by atoms with van der Waals surface area (Å²) in [7, 11) is -3.48. The molecule has 3 rings (SSSR count). The second kappa shape index (κ2) is 6.69. The highest BCUT2D eigenvalue weighted by Gasteiger charge is 2.45. The Morgan fingerprint density at radius 1 is 1.20 bits per heavy atom. The third-order valence-electron chi connectivity index (χ3n) is 5.02. The highest BCUT2D eigenvalue weighted by atomic mass is 32.2. The van der Waals surface area contributed by atoms with Crippen LogP contribution >= 0.6 is 11.3 Å². The number of hydrogen-bond donors (Lipinski definition) is 1. The van der Waals surface area contributed by atoms with Crippen LogP contribution in [0.25, 0.3) is 0 Å². The van der Waals surface area contributed by atoms with Crippen LogP contribution < -0.4 is 0 Å². The monoisotopic (exact) mass is 386 g/mol. The first kappa shape index (κ1) is 18.3. The van der Waals surface area contributed by atoms with Gasteiger partial charge in [0.15, 0.2) is 0 Å². The zero-order valence-corrected chi connectivity index (χ0v) is 15.7. The van der Waals surface area contributed by atoms with Crippen molar-refractivity contribution in [3.05, 3.63) is 17.0 Å². The van der Waals surface area contributed by atoms with Crippen LogP contribution in [0.1, 0.15) is 37.5 Å². The van der Waals surface area contributed by atoms with Gasteiger partial charge in [-0.1, -0.05) is 0 Å². The number of aliphatic carboxylic acids is 1. The van der Waals surface area contributed by atoms with Gasteiger partial charge in [-0.2, -0.15) is 4.31 Å². The summed E-state index contributed by atoms with van der Waals surface area (Å²) in [5.74, 6) is -1.27. The Bertz CT molecular complexity index is 782. The first-order valence-electron chi connectivity index (χ1n) is 8.38. The lowest BCUT2D eigenvalue weighted by Crippen LogP contribution is -2.51. The Hall–Kier alpha value is -1.45. The number of carbonyl (C=O) groups excluding carboxylic acids is 1. The number of carboxylic acids is 1. The summed E-state index contributed by atoms with van der Waals surface area (Å²) in [5, 5.41) is 9.41. The fourth-order valence-corrected chi connectivity index (χ4v) is 6.50. The van der Waals surface area contributed by atoms with Gasteiger partial charge >= 0.3 is 5.97 Å². The van der Waals surface area contributed by atoms with Gasteiger partial charge in [-0.25, -0.2) is 13.2 Å².